The zero-order chi connectivity index (χ0) is 9.26. The van der Waals surface area contributed by atoms with Crippen molar-refractivity contribution >= 4 is 0 Å². The van der Waals surface area contributed by atoms with E-state index in [2.05, 4.69) is 9.97 Å². The number of H-pyrrole nitrogens is 2. The molecule has 0 aliphatic carbocycles. The van der Waals surface area contributed by atoms with Crippen LogP contribution < -0.4 is 11.2 Å². The van der Waals surface area contributed by atoms with E-state index in [4.69, 9.17) is 4.74 Å². The Balaban J connectivity index is 2.40. The van der Waals surface area contributed by atoms with E-state index >= 15 is 0 Å². The van der Waals surface area contributed by atoms with Crippen LogP contribution in [0, 0.1) is 0 Å². The van der Waals surface area contributed by atoms with E-state index in [1.165, 1.54) is 6.20 Å². The number of rotatable bonds is 1. The van der Waals surface area contributed by atoms with E-state index in [1.54, 1.807) is 0 Å². The molecule has 1 aromatic rings. The lowest BCUT2D eigenvalue weighted by Crippen LogP contribution is -2.26. The number of aromatic amines is 2. The van der Waals surface area contributed by atoms with Gasteiger partial charge in [-0.1, -0.05) is 0 Å². The van der Waals surface area contributed by atoms with Gasteiger partial charge >= 0.3 is 5.69 Å². The van der Waals surface area contributed by atoms with E-state index in [0.29, 0.717) is 12.2 Å². The van der Waals surface area contributed by atoms with Crippen LogP contribution in [0.1, 0.15) is 24.5 Å². The summed E-state index contributed by atoms with van der Waals surface area (Å²) in [6.45, 7) is 0.684. The minimum atomic E-state index is -0.480. The molecule has 0 radical (unpaired) electrons. The molecular weight excluding hydrogens is 172 g/mol. The molecule has 0 spiro atoms. The second-order valence-electron chi connectivity index (χ2n) is 3.03. The van der Waals surface area contributed by atoms with E-state index in [1.807, 2.05) is 0 Å². The van der Waals surface area contributed by atoms with Crippen LogP contribution in [-0.4, -0.2) is 16.6 Å². The molecule has 1 atom stereocenters. The maximum Gasteiger partial charge on any atom is 0.325 e. The smallest absolute Gasteiger partial charge is 0.325 e. The van der Waals surface area contributed by atoms with Crippen molar-refractivity contribution in [2.45, 2.75) is 18.9 Å². The zero-order valence-corrected chi connectivity index (χ0v) is 7.00. The van der Waals surface area contributed by atoms with E-state index in [9.17, 15) is 9.59 Å². The molecule has 0 bridgehead atoms. The van der Waals surface area contributed by atoms with Gasteiger partial charge < -0.3 is 9.72 Å². The Labute approximate surface area is 73.8 Å². The third-order valence-corrected chi connectivity index (χ3v) is 2.12. The molecule has 0 amide bonds. The summed E-state index contributed by atoms with van der Waals surface area (Å²) >= 11 is 0. The van der Waals surface area contributed by atoms with Crippen LogP contribution in [-0.2, 0) is 4.74 Å². The molecule has 2 N–H and O–H groups in total. The second-order valence-corrected chi connectivity index (χ2v) is 3.03. The number of aromatic nitrogens is 2. The van der Waals surface area contributed by atoms with Gasteiger partial charge in [0.25, 0.3) is 5.56 Å². The highest BCUT2D eigenvalue weighted by Crippen LogP contribution is 2.24. The van der Waals surface area contributed by atoms with Crippen LogP contribution in [0.2, 0.25) is 0 Å². The predicted molar refractivity (Wildman–Crippen MR) is 45.6 cm³/mol. The number of hydrogen-bond donors (Lipinski definition) is 2. The summed E-state index contributed by atoms with van der Waals surface area (Å²) in [5, 5.41) is 0. The average Bonchev–Trinajstić information content (AvgIpc) is 2.56. The van der Waals surface area contributed by atoms with Crippen molar-refractivity contribution in [3.63, 3.8) is 0 Å². The summed E-state index contributed by atoms with van der Waals surface area (Å²) < 4.78 is 5.32. The molecule has 1 aliphatic heterocycles. The zero-order valence-electron chi connectivity index (χ0n) is 7.00. The Morgan fingerprint density at radius 2 is 2.31 bits per heavy atom. The van der Waals surface area contributed by atoms with Gasteiger partial charge in [-0.25, -0.2) is 4.79 Å². The van der Waals surface area contributed by atoms with Crippen molar-refractivity contribution in [2.75, 3.05) is 6.61 Å². The van der Waals surface area contributed by atoms with Gasteiger partial charge in [-0.05, 0) is 12.8 Å². The van der Waals surface area contributed by atoms with Gasteiger partial charge in [-0.3, -0.25) is 9.78 Å². The summed E-state index contributed by atoms with van der Waals surface area (Å²) in [5.41, 5.74) is -0.320. The molecule has 1 unspecified atom stereocenters. The highest BCUT2D eigenvalue weighted by molar-refractivity contribution is 5.08. The fourth-order valence-electron chi connectivity index (χ4n) is 1.48. The van der Waals surface area contributed by atoms with Crippen molar-refractivity contribution in [3.8, 4) is 0 Å². The summed E-state index contributed by atoms with van der Waals surface area (Å²) in [7, 11) is 0. The van der Waals surface area contributed by atoms with Gasteiger partial charge in [-0.15, -0.1) is 0 Å². The predicted octanol–water partition coefficient (Wildman–Crippen LogP) is -0.0853. The molecule has 2 rings (SSSR count). The Morgan fingerprint density at radius 1 is 1.46 bits per heavy atom. The van der Waals surface area contributed by atoms with Crippen molar-refractivity contribution in [3.05, 3.63) is 32.6 Å². The first kappa shape index (κ1) is 8.25. The number of nitrogens with one attached hydrogen (secondary N) is 2. The summed E-state index contributed by atoms with van der Waals surface area (Å²) in [6.07, 6.45) is 3.08. The molecule has 70 valence electrons. The van der Waals surface area contributed by atoms with Gasteiger partial charge in [0.15, 0.2) is 0 Å². The van der Waals surface area contributed by atoms with Crippen LogP contribution in [0.5, 0.6) is 0 Å². The first-order valence-corrected chi connectivity index (χ1v) is 4.21. The Morgan fingerprint density at radius 3 is 2.92 bits per heavy atom. The average molecular weight is 182 g/mol. The first-order valence-electron chi connectivity index (χ1n) is 4.21. The minimum absolute atomic E-state index is 0.152. The fraction of sp³-hybridized carbons (Fsp3) is 0.500. The van der Waals surface area contributed by atoms with Crippen LogP contribution >= 0.6 is 0 Å². The lowest BCUT2D eigenvalue weighted by molar-refractivity contribution is 0.110. The minimum Gasteiger partial charge on any atom is -0.373 e. The normalized spacial score (nSPS) is 22.0. The van der Waals surface area contributed by atoms with Crippen LogP contribution in [0.3, 0.4) is 0 Å². The SMILES string of the molecule is O=c1[nH]cc(C2CCCO2)c(=O)[nH]1. The van der Waals surface area contributed by atoms with Crippen LogP contribution in [0.25, 0.3) is 0 Å². The lowest BCUT2D eigenvalue weighted by atomic mass is 10.1. The molecule has 1 fully saturated rings. The maximum absolute atomic E-state index is 11.3. The molecule has 2 heterocycles. The summed E-state index contributed by atoms with van der Waals surface area (Å²) in [6, 6.07) is 0. The highest BCUT2D eigenvalue weighted by atomic mass is 16.5. The van der Waals surface area contributed by atoms with E-state index < -0.39 is 5.69 Å². The Hall–Kier alpha value is -1.36. The molecule has 1 aliphatic rings. The highest BCUT2D eigenvalue weighted by Gasteiger charge is 2.20. The molecule has 5 nitrogen and oxygen atoms in total. The van der Waals surface area contributed by atoms with Gasteiger partial charge in [0.2, 0.25) is 0 Å². The quantitative estimate of drug-likeness (QED) is 0.637. The molecular formula is C8H10N2O3. The number of ether oxygens (including phenoxy) is 1. The first-order chi connectivity index (χ1) is 6.27. The Bertz CT molecular complexity index is 400. The molecule has 5 heteroatoms. The molecule has 13 heavy (non-hydrogen) atoms. The van der Waals surface area contributed by atoms with Crippen molar-refractivity contribution in [1.82, 2.24) is 9.97 Å². The van der Waals surface area contributed by atoms with Crippen molar-refractivity contribution in [2.24, 2.45) is 0 Å². The van der Waals surface area contributed by atoms with Gasteiger partial charge in [0.1, 0.15) is 0 Å². The van der Waals surface area contributed by atoms with Crippen LogP contribution in [0.15, 0.2) is 15.8 Å². The summed E-state index contributed by atoms with van der Waals surface area (Å²) in [4.78, 5) is 26.6. The fourth-order valence-corrected chi connectivity index (χ4v) is 1.48. The van der Waals surface area contributed by atoms with Crippen molar-refractivity contribution < 1.29 is 4.74 Å². The van der Waals surface area contributed by atoms with Crippen molar-refractivity contribution in [1.29, 1.82) is 0 Å². The second kappa shape index (κ2) is 3.18. The Kier molecular flexibility index (Phi) is 2.02. The molecule has 1 aromatic heterocycles. The third-order valence-electron chi connectivity index (χ3n) is 2.12. The maximum atomic E-state index is 11.3. The lowest BCUT2D eigenvalue weighted by Gasteiger charge is -2.06. The van der Waals surface area contributed by atoms with Gasteiger partial charge in [0, 0.05) is 12.8 Å². The van der Waals surface area contributed by atoms with Crippen LogP contribution in [0.4, 0.5) is 0 Å². The standard InChI is InChI=1S/C8H10N2O3/c11-7-5(4-9-8(12)10-7)6-2-1-3-13-6/h4,6H,1-3H2,(H2,9,10,11,12). The topological polar surface area (TPSA) is 75.0 Å². The molecule has 1 saturated heterocycles. The monoisotopic (exact) mass is 182 g/mol. The molecule has 0 aromatic carbocycles. The molecule has 0 saturated carbocycles. The van der Waals surface area contributed by atoms with Gasteiger partial charge in [-0.2, -0.15) is 0 Å². The number of hydrogen-bond acceptors (Lipinski definition) is 3. The third kappa shape index (κ3) is 1.55. The summed E-state index contributed by atoms with van der Waals surface area (Å²) in [5.74, 6) is 0. The van der Waals surface area contributed by atoms with Gasteiger partial charge in [0.05, 0.1) is 11.7 Å². The van der Waals surface area contributed by atoms with E-state index in [-0.39, 0.29) is 11.7 Å². The van der Waals surface area contributed by atoms with E-state index in [0.717, 1.165) is 12.8 Å². The largest absolute Gasteiger partial charge is 0.373 e.